The van der Waals surface area contributed by atoms with Gasteiger partial charge in [-0.2, -0.15) is 0 Å². The van der Waals surface area contributed by atoms with Crippen molar-refractivity contribution in [3.05, 3.63) is 36.5 Å². The Labute approximate surface area is 200 Å². The lowest BCUT2D eigenvalue weighted by atomic mass is 9.88. The van der Waals surface area contributed by atoms with Crippen molar-refractivity contribution in [3.8, 4) is 11.3 Å². The summed E-state index contributed by atoms with van der Waals surface area (Å²) in [5, 5.41) is 39.4. The molecule has 0 spiro atoms. The maximum absolute atomic E-state index is 11.9. The lowest BCUT2D eigenvalue weighted by molar-refractivity contribution is -0.228. The number of aliphatic hydroxyl groups excluding tert-OH is 3. The van der Waals surface area contributed by atoms with E-state index >= 15 is 0 Å². The summed E-state index contributed by atoms with van der Waals surface area (Å²) in [6.45, 7) is 6.80. The largest absolute Gasteiger partial charge is 0.388 e. The van der Waals surface area contributed by atoms with Gasteiger partial charge in [0.05, 0.1) is 18.8 Å². The van der Waals surface area contributed by atoms with Gasteiger partial charge < -0.3 is 24.8 Å². The third-order valence-corrected chi connectivity index (χ3v) is 6.11. The lowest BCUT2D eigenvalue weighted by Crippen LogP contribution is -2.58. The molecule has 9 nitrogen and oxygen atoms in total. The second-order valence-corrected chi connectivity index (χ2v) is 9.91. The number of hydrogen-bond acceptors (Lipinski definition) is 8. The summed E-state index contributed by atoms with van der Waals surface area (Å²) in [4.78, 5) is 11.9. The van der Waals surface area contributed by atoms with Gasteiger partial charge in [-0.25, -0.2) is 4.68 Å². The molecule has 3 rings (SSSR count). The quantitative estimate of drug-likeness (QED) is 0.421. The minimum Gasteiger partial charge on any atom is -0.388 e. The minimum absolute atomic E-state index is 0.184. The highest BCUT2D eigenvalue weighted by atomic mass is 16.5. The molecule has 0 aliphatic carbocycles. The number of ether oxygens (including phenoxy) is 2. The first-order valence-electron chi connectivity index (χ1n) is 11.9. The van der Waals surface area contributed by atoms with Gasteiger partial charge in [-0.15, -0.1) is 5.10 Å². The molecular weight excluding hydrogens is 438 g/mol. The van der Waals surface area contributed by atoms with E-state index < -0.39 is 30.5 Å². The zero-order valence-corrected chi connectivity index (χ0v) is 20.2. The molecule has 1 fully saturated rings. The van der Waals surface area contributed by atoms with Gasteiger partial charge in [0.15, 0.2) is 0 Å². The first-order chi connectivity index (χ1) is 16.2. The van der Waals surface area contributed by atoms with E-state index in [1.807, 2.05) is 51.1 Å². The Morgan fingerprint density at radius 1 is 1.03 bits per heavy atom. The van der Waals surface area contributed by atoms with E-state index in [-0.39, 0.29) is 17.7 Å². The molecule has 0 radical (unpaired) electrons. The monoisotopic (exact) mass is 475 g/mol. The SMILES string of the molecule is CC(C)(C)C(=O)CCCCOCCC1OC(Cn2cc(-c3ccccc3)nn2)C(O)C(O)C1O. The molecule has 0 bridgehead atoms. The Morgan fingerprint density at radius 2 is 1.74 bits per heavy atom. The zero-order chi connectivity index (χ0) is 24.7. The van der Waals surface area contributed by atoms with Crippen molar-refractivity contribution < 1.29 is 29.6 Å². The second-order valence-electron chi connectivity index (χ2n) is 9.91. The molecule has 1 aliphatic heterocycles. The first-order valence-corrected chi connectivity index (χ1v) is 11.9. The summed E-state index contributed by atoms with van der Waals surface area (Å²) in [5.41, 5.74) is 1.31. The molecule has 1 saturated heterocycles. The maximum Gasteiger partial charge on any atom is 0.138 e. The Bertz CT molecular complexity index is 898. The smallest absolute Gasteiger partial charge is 0.138 e. The van der Waals surface area contributed by atoms with Crippen molar-refractivity contribution in [1.82, 2.24) is 15.0 Å². The first kappa shape index (κ1) is 26.4. The predicted octanol–water partition coefficient (Wildman–Crippen LogP) is 1.99. The summed E-state index contributed by atoms with van der Waals surface area (Å²) in [6, 6.07) is 9.61. The van der Waals surface area contributed by atoms with Crippen LogP contribution in [0.15, 0.2) is 36.5 Å². The number of nitrogens with zero attached hydrogens (tertiary/aromatic N) is 3. The molecule has 2 heterocycles. The van der Waals surface area contributed by atoms with E-state index in [9.17, 15) is 20.1 Å². The minimum atomic E-state index is -1.33. The fourth-order valence-corrected chi connectivity index (χ4v) is 3.90. The van der Waals surface area contributed by atoms with E-state index in [0.717, 1.165) is 18.4 Å². The third-order valence-electron chi connectivity index (χ3n) is 6.11. The van der Waals surface area contributed by atoms with Crippen LogP contribution in [0.1, 0.15) is 46.5 Å². The number of aromatic nitrogens is 3. The standard InChI is InChI=1S/C25H37N3O6/c1-25(2,3)21(29)11-7-8-13-33-14-12-19-22(30)24(32)23(31)20(34-19)16-28-15-18(26-27-28)17-9-5-4-6-10-17/h4-6,9-10,15,19-20,22-24,30-32H,7-8,11-14,16H2,1-3H3. The summed E-state index contributed by atoms with van der Waals surface area (Å²) < 4.78 is 13.1. The van der Waals surface area contributed by atoms with Gasteiger partial charge in [-0.05, 0) is 19.3 Å². The molecule has 188 valence electrons. The molecule has 1 aromatic heterocycles. The van der Waals surface area contributed by atoms with Gasteiger partial charge in [-0.3, -0.25) is 4.79 Å². The molecule has 0 amide bonds. The molecule has 9 heteroatoms. The van der Waals surface area contributed by atoms with Crippen LogP contribution in [-0.2, 0) is 20.8 Å². The van der Waals surface area contributed by atoms with Crippen molar-refractivity contribution in [2.24, 2.45) is 5.41 Å². The number of ketones is 1. The lowest BCUT2D eigenvalue weighted by Gasteiger charge is -2.40. The number of aliphatic hydroxyl groups is 3. The van der Waals surface area contributed by atoms with Gasteiger partial charge in [0.1, 0.15) is 35.9 Å². The van der Waals surface area contributed by atoms with E-state index in [1.54, 1.807) is 10.9 Å². The van der Waals surface area contributed by atoms with Crippen LogP contribution in [0.4, 0.5) is 0 Å². The van der Waals surface area contributed by atoms with Crippen LogP contribution in [0.25, 0.3) is 11.3 Å². The van der Waals surface area contributed by atoms with Crippen molar-refractivity contribution in [2.75, 3.05) is 13.2 Å². The molecular formula is C25H37N3O6. The summed E-state index contributed by atoms with van der Waals surface area (Å²) in [7, 11) is 0. The van der Waals surface area contributed by atoms with Crippen molar-refractivity contribution in [1.29, 1.82) is 0 Å². The number of unbranched alkanes of at least 4 members (excludes halogenated alkanes) is 1. The number of carbonyl (C=O) groups is 1. The van der Waals surface area contributed by atoms with Crippen molar-refractivity contribution >= 4 is 5.78 Å². The number of carbonyl (C=O) groups excluding carboxylic acids is 1. The van der Waals surface area contributed by atoms with Crippen LogP contribution in [-0.4, -0.2) is 79.8 Å². The van der Waals surface area contributed by atoms with Gasteiger partial charge in [0, 0.05) is 30.6 Å². The Kier molecular flexibility index (Phi) is 9.32. The van der Waals surface area contributed by atoms with Crippen LogP contribution in [0.2, 0.25) is 0 Å². The summed E-state index contributed by atoms with van der Waals surface area (Å²) in [5.74, 6) is 0.244. The maximum atomic E-state index is 11.9. The van der Waals surface area contributed by atoms with Crippen molar-refractivity contribution in [2.45, 2.75) is 83.5 Å². The number of hydrogen-bond donors (Lipinski definition) is 3. The van der Waals surface area contributed by atoms with E-state index in [4.69, 9.17) is 9.47 Å². The molecule has 5 atom stereocenters. The highest BCUT2D eigenvalue weighted by Crippen LogP contribution is 2.25. The Balaban J connectivity index is 1.45. The Morgan fingerprint density at radius 3 is 2.44 bits per heavy atom. The zero-order valence-electron chi connectivity index (χ0n) is 20.2. The molecule has 1 aliphatic rings. The Hall–Kier alpha value is -2.17. The van der Waals surface area contributed by atoms with Gasteiger partial charge in [0.2, 0.25) is 0 Å². The highest BCUT2D eigenvalue weighted by Gasteiger charge is 2.43. The fraction of sp³-hybridized carbons (Fsp3) is 0.640. The van der Waals surface area contributed by atoms with Crippen molar-refractivity contribution in [3.63, 3.8) is 0 Å². The van der Waals surface area contributed by atoms with Crippen LogP contribution in [0, 0.1) is 5.41 Å². The normalized spacial score (nSPS) is 25.4. The van der Waals surface area contributed by atoms with Crippen LogP contribution < -0.4 is 0 Å². The molecule has 5 unspecified atom stereocenters. The summed E-state index contributed by atoms with van der Waals surface area (Å²) >= 11 is 0. The van der Waals surface area contributed by atoms with Crippen LogP contribution in [0.5, 0.6) is 0 Å². The van der Waals surface area contributed by atoms with Gasteiger partial charge >= 0.3 is 0 Å². The van der Waals surface area contributed by atoms with E-state index in [0.29, 0.717) is 31.7 Å². The molecule has 0 saturated carbocycles. The van der Waals surface area contributed by atoms with Crippen LogP contribution >= 0.6 is 0 Å². The molecule has 2 aromatic rings. The van der Waals surface area contributed by atoms with Crippen LogP contribution in [0.3, 0.4) is 0 Å². The molecule has 34 heavy (non-hydrogen) atoms. The molecule has 3 N–H and O–H groups in total. The average molecular weight is 476 g/mol. The predicted molar refractivity (Wildman–Crippen MR) is 126 cm³/mol. The van der Waals surface area contributed by atoms with Gasteiger partial charge in [0.25, 0.3) is 0 Å². The fourth-order valence-electron chi connectivity index (χ4n) is 3.90. The number of rotatable bonds is 11. The topological polar surface area (TPSA) is 127 Å². The average Bonchev–Trinajstić information content (AvgIpc) is 3.28. The second kappa shape index (κ2) is 12.0. The number of Topliss-reactive ketones (excluding diaryl/α,β-unsaturated/α-hetero) is 1. The van der Waals surface area contributed by atoms with Gasteiger partial charge in [-0.1, -0.05) is 56.3 Å². The summed E-state index contributed by atoms with van der Waals surface area (Å²) in [6.07, 6.45) is -1.02. The van der Waals surface area contributed by atoms with E-state index in [1.165, 1.54) is 0 Å². The van der Waals surface area contributed by atoms with E-state index in [2.05, 4.69) is 10.3 Å². The number of benzene rings is 1. The molecule has 1 aromatic carbocycles. The highest BCUT2D eigenvalue weighted by molar-refractivity contribution is 5.83. The third kappa shape index (κ3) is 7.16.